The molecule has 2 aliphatic rings. The van der Waals surface area contributed by atoms with Gasteiger partial charge in [-0.25, -0.2) is 0 Å². The molecule has 82 valence electrons. The fraction of sp³-hybridized carbons (Fsp3) is 0.700. The standard InChI is InChI=1S/C10H14N2O3/c11-8(5-2-1-3-5)9(14)6-4-7(13)12-10(6)15/h5-6,8H,1-4,11H2,(H,12,13,15). The van der Waals surface area contributed by atoms with E-state index >= 15 is 0 Å². The van der Waals surface area contributed by atoms with Crippen LogP contribution >= 0.6 is 0 Å². The lowest BCUT2D eigenvalue weighted by atomic mass is 9.76. The molecule has 2 fully saturated rings. The summed E-state index contributed by atoms with van der Waals surface area (Å²) >= 11 is 0. The van der Waals surface area contributed by atoms with E-state index in [0.29, 0.717) is 0 Å². The van der Waals surface area contributed by atoms with E-state index in [0.717, 1.165) is 19.3 Å². The largest absolute Gasteiger partial charge is 0.321 e. The first-order valence-corrected chi connectivity index (χ1v) is 5.22. The third-order valence-electron chi connectivity index (χ3n) is 3.30. The molecule has 1 saturated heterocycles. The van der Waals surface area contributed by atoms with Crippen LogP contribution in [0.4, 0.5) is 0 Å². The van der Waals surface area contributed by atoms with Gasteiger partial charge in [0, 0.05) is 6.42 Å². The summed E-state index contributed by atoms with van der Waals surface area (Å²) in [5, 5.41) is 2.12. The highest BCUT2D eigenvalue weighted by molar-refractivity contribution is 6.15. The second kappa shape index (κ2) is 3.73. The lowest BCUT2D eigenvalue weighted by Crippen LogP contribution is -2.45. The van der Waals surface area contributed by atoms with Gasteiger partial charge in [-0.05, 0) is 18.8 Å². The van der Waals surface area contributed by atoms with Gasteiger partial charge in [-0.1, -0.05) is 6.42 Å². The number of ketones is 1. The molecule has 2 amide bonds. The monoisotopic (exact) mass is 210 g/mol. The van der Waals surface area contributed by atoms with Gasteiger partial charge in [-0.2, -0.15) is 0 Å². The molecule has 5 nitrogen and oxygen atoms in total. The van der Waals surface area contributed by atoms with Crippen LogP contribution in [-0.2, 0) is 14.4 Å². The fourth-order valence-electron chi connectivity index (χ4n) is 2.05. The molecule has 0 radical (unpaired) electrons. The van der Waals surface area contributed by atoms with Gasteiger partial charge >= 0.3 is 0 Å². The molecule has 2 unspecified atom stereocenters. The Morgan fingerprint density at radius 2 is 2.07 bits per heavy atom. The average Bonchev–Trinajstić information content (AvgIpc) is 2.41. The molecule has 1 heterocycles. The normalized spacial score (nSPS) is 28.5. The van der Waals surface area contributed by atoms with Crippen molar-refractivity contribution in [2.45, 2.75) is 31.7 Å². The number of rotatable bonds is 3. The number of carbonyl (C=O) groups is 3. The van der Waals surface area contributed by atoms with Gasteiger partial charge in [0.15, 0.2) is 5.78 Å². The Balaban J connectivity index is 2.00. The number of nitrogens with two attached hydrogens (primary N) is 1. The van der Waals surface area contributed by atoms with E-state index in [1.807, 2.05) is 0 Å². The van der Waals surface area contributed by atoms with Gasteiger partial charge in [-0.3, -0.25) is 19.7 Å². The van der Waals surface area contributed by atoms with Gasteiger partial charge in [0.05, 0.1) is 6.04 Å². The zero-order valence-corrected chi connectivity index (χ0v) is 8.36. The van der Waals surface area contributed by atoms with Crippen molar-refractivity contribution in [3.8, 4) is 0 Å². The summed E-state index contributed by atoms with van der Waals surface area (Å²) in [4.78, 5) is 34.0. The predicted molar refractivity (Wildman–Crippen MR) is 51.6 cm³/mol. The highest BCUT2D eigenvalue weighted by Gasteiger charge is 2.41. The van der Waals surface area contributed by atoms with Crippen LogP contribution < -0.4 is 11.1 Å². The van der Waals surface area contributed by atoms with Crippen molar-refractivity contribution in [2.24, 2.45) is 17.6 Å². The highest BCUT2D eigenvalue weighted by atomic mass is 16.2. The van der Waals surface area contributed by atoms with Crippen molar-refractivity contribution in [1.29, 1.82) is 0 Å². The molecule has 0 aromatic rings. The van der Waals surface area contributed by atoms with Crippen LogP contribution in [0.25, 0.3) is 0 Å². The smallest absolute Gasteiger partial charge is 0.237 e. The van der Waals surface area contributed by atoms with Crippen LogP contribution in [0.2, 0.25) is 0 Å². The zero-order valence-electron chi connectivity index (χ0n) is 8.36. The van der Waals surface area contributed by atoms with Crippen LogP contribution in [0.15, 0.2) is 0 Å². The molecule has 1 aliphatic heterocycles. The minimum absolute atomic E-state index is 0.0297. The molecule has 5 heteroatoms. The van der Waals surface area contributed by atoms with Gasteiger partial charge in [0.2, 0.25) is 11.8 Å². The Kier molecular flexibility index (Phi) is 2.56. The molecular formula is C10H14N2O3. The van der Waals surface area contributed by atoms with Crippen molar-refractivity contribution < 1.29 is 14.4 Å². The van der Waals surface area contributed by atoms with E-state index in [4.69, 9.17) is 5.73 Å². The highest BCUT2D eigenvalue weighted by Crippen LogP contribution is 2.30. The van der Waals surface area contributed by atoms with Crippen LogP contribution in [-0.4, -0.2) is 23.6 Å². The summed E-state index contributed by atoms with van der Waals surface area (Å²) in [5.74, 6) is -1.77. The topological polar surface area (TPSA) is 89.3 Å². The van der Waals surface area contributed by atoms with E-state index in [9.17, 15) is 14.4 Å². The molecule has 15 heavy (non-hydrogen) atoms. The van der Waals surface area contributed by atoms with E-state index in [1.54, 1.807) is 0 Å². The molecule has 0 bridgehead atoms. The van der Waals surface area contributed by atoms with Crippen molar-refractivity contribution in [2.75, 3.05) is 0 Å². The predicted octanol–water partition coefficient (Wildman–Crippen LogP) is -0.654. The maximum atomic E-state index is 11.8. The summed E-state index contributed by atoms with van der Waals surface area (Å²) in [7, 11) is 0. The number of carbonyl (C=O) groups excluding carboxylic acids is 3. The molecule has 2 rings (SSSR count). The number of hydrogen-bond acceptors (Lipinski definition) is 4. The molecule has 0 aromatic heterocycles. The Morgan fingerprint density at radius 3 is 2.47 bits per heavy atom. The summed E-state index contributed by atoms with van der Waals surface area (Å²) in [6.07, 6.45) is 2.98. The summed E-state index contributed by atoms with van der Waals surface area (Å²) in [6, 6.07) is -0.569. The van der Waals surface area contributed by atoms with Crippen LogP contribution in [0.1, 0.15) is 25.7 Å². The van der Waals surface area contributed by atoms with Crippen molar-refractivity contribution in [1.82, 2.24) is 5.32 Å². The molecule has 3 N–H and O–H groups in total. The lowest BCUT2D eigenvalue weighted by Gasteiger charge is -2.30. The maximum absolute atomic E-state index is 11.8. The van der Waals surface area contributed by atoms with E-state index < -0.39 is 17.9 Å². The summed E-state index contributed by atoms with van der Waals surface area (Å²) in [5.41, 5.74) is 5.77. The minimum atomic E-state index is -0.840. The Labute approximate surface area is 87.4 Å². The number of Topliss-reactive ketones (excluding diaryl/α,β-unsaturated/α-hetero) is 1. The Bertz CT molecular complexity index is 323. The lowest BCUT2D eigenvalue weighted by molar-refractivity contribution is -0.133. The molecule has 1 aliphatic carbocycles. The maximum Gasteiger partial charge on any atom is 0.237 e. The van der Waals surface area contributed by atoms with E-state index in [1.165, 1.54) is 0 Å². The third-order valence-corrected chi connectivity index (χ3v) is 3.30. The first-order chi connectivity index (χ1) is 7.09. The third kappa shape index (κ3) is 1.79. The molecule has 2 atom stereocenters. The second-order valence-corrected chi connectivity index (χ2v) is 4.29. The van der Waals surface area contributed by atoms with Gasteiger partial charge in [0.25, 0.3) is 0 Å². The van der Waals surface area contributed by atoms with Crippen LogP contribution in [0, 0.1) is 11.8 Å². The SMILES string of the molecule is NC(C(=O)C1CC(=O)NC1=O)C1CCC1. The molecule has 1 saturated carbocycles. The first-order valence-electron chi connectivity index (χ1n) is 5.22. The van der Waals surface area contributed by atoms with Gasteiger partial charge in [-0.15, -0.1) is 0 Å². The summed E-state index contributed by atoms with van der Waals surface area (Å²) in [6.45, 7) is 0. The number of nitrogens with one attached hydrogen (secondary N) is 1. The number of hydrogen-bond donors (Lipinski definition) is 2. The van der Waals surface area contributed by atoms with Crippen molar-refractivity contribution >= 4 is 17.6 Å². The van der Waals surface area contributed by atoms with E-state index in [2.05, 4.69) is 5.32 Å². The van der Waals surface area contributed by atoms with Crippen molar-refractivity contribution in [3.05, 3.63) is 0 Å². The van der Waals surface area contributed by atoms with Gasteiger partial charge in [0.1, 0.15) is 5.92 Å². The van der Waals surface area contributed by atoms with E-state index in [-0.39, 0.29) is 24.0 Å². The second-order valence-electron chi connectivity index (χ2n) is 4.29. The Morgan fingerprint density at radius 1 is 1.40 bits per heavy atom. The minimum Gasteiger partial charge on any atom is -0.321 e. The zero-order chi connectivity index (χ0) is 11.0. The van der Waals surface area contributed by atoms with Gasteiger partial charge < -0.3 is 5.73 Å². The molecule has 0 aromatic carbocycles. The van der Waals surface area contributed by atoms with Crippen molar-refractivity contribution in [3.63, 3.8) is 0 Å². The number of amides is 2. The fourth-order valence-corrected chi connectivity index (χ4v) is 2.05. The first kappa shape index (κ1) is 10.3. The average molecular weight is 210 g/mol. The van der Waals surface area contributed by atoms with Crippen LogP contribution in [0.5, 0.6) is 0 Å². The molecule has 0 spiro atoms. The van der Waals surface area contributed by atoms with Crippen LogP contribution in [0.3, 0.4) is 0 Å². The number of imide groups is 1. The Hall–Kier alpha value is -1.23. The quantitative estimate of drug-likeness (QED) is 0.478. The summed E-state index contributed by atoms with van der Waals surface area (Å²) < 4.78 is 0. The molecular weight excluding hydrogens is 196 g/mol.